The minimum absolute atomic E-state index is 0.0395. The van der Waals surface area contributed by atoms with Crippen molar-refractivity contribution in [2.24, 2.45) is 0 Å². The molecule has 0 unspecified atom stereocenters. The molecule has 2 aromatic heterocycles. The lowest BCUT2D eigenvalue weighted by molar-refractivity contribution is 0.590. The van der Waals surface area contributed by atoms with Gasteiger partial charge >= 0.3 is 0 Å². The van der Waals surface area contributed by atoms with Gasteiger partial charge in [0.15, 0.2) is 0 Å². The molecule has 0 radical (unpaired) electrons. The Balaban J connectivity index is 1.72. The summed E-state index contributed by atoms with van der Waals surface area (Å²) in [5.41, 5.74) is 3.84. The first-order chi connectivity index (χ1) is 11.4. The van der Waals surface area contributed by atoms with Crippen molar-refractivity contribution >= 4 is 38.4 Å². The van der Waals surface area contributed by atoms with Crippen LogP contribution in [-0.2, 0) is 16.4 Å². The predicted molar refractivity (Wildman–Crippen MR) is 101 cm³/mol. The molecule has 0 fully saturated rings. The van der Waals surface area contributed by atoms with Crippen molar-refractivity contribution in [2.75, 3.05) is 10.6 Å². The van der Waals surface area contributed by atoms with Crippen LogP contribution in [-0.4, -0.2) is 25.7 Å². The molecule has 1 aromatic carbocycles. The zero-order chi connectivity index (χ0) is 16.9. The minimum Gasteiger partial charge on any atom is -0.267 e. The molecule has 1 aliphatic heterocycles. The number of aromatic nitrogens is 1. The Morgan fingerprint density at radius 2 is 2.08 bits per heavy atom. The lowest BCUT2D eigenvalue weighted by Gasteiger charge is -2.21. The van der Waals surface area contributed by atoms with Crippen LogP contribution in [0.5, 0.6) is 0 Å². The maximum atomic E-state index is 12.0. The summed E-state index contributed by atoms with van der Waals surface area (Å²) in [5, 5.41) is 5.13. The lowest BCUT2D eigenvalue weighted by Crippen LogP contribution is -2.34. The molecule has 0 aliphatic carbocycles. The van der Waals surface area contributed by atoms with Gasteiger partial charge in [-0.25, -0.2) is 13.4 Å². The number of thiophene rings is 1. The minimum atomic E-state index is -3.25. The number of rotatable bonds is 3. The molecule has 0 saturated carbocycles. The second-order valence-electron chi connectivity index (χ2n) is 5.97. The average Bonchev–Trinajstić information content (AvgIpc) is 3.23. The highest BCUT2D eigenvalue weighted by molar-refractivity contribution is 7.92. The number of nitrogens with zero attached hydrogens (tertiary/aromatic N) is 2. The third-order valence-corrected chi connectivity index (χ3v) is 7.27. The first-order valence-electron chi connectivity index (χ1n) is 7.55. The molecule has 0 bridgehead atoms. The number of hydrogen-bond donors (Lipinski definition) is 0. The molecule has 4 nitrogen and oxygen atoms in total. The van der Waals surface area contributed by atoms with Crippen LogP contribution in [0.3, 0.4) is 0 Å². The summed E-state index contributed by atoms with van der Waals surface area (Å²) in [7, 11) is -3.25. The summed E-state index contributed by atoms with van der Waals surface area (Å²) in [4.78, 5) is 5.90. The first-order valence-corrected chi connectivity index (χ1v) is 11.2. The monoisotopic (exact) mass is 376 g/mol. The van der Waals surface area contributed by atoms with E-state index < -0.39 is 10.0 Å². The molecule has 124 valence electrons. The van der Waals surface area contributed by atoms with Crippen LogP contribution >= 0.6 is 22.7 Å². The van der Waals surface area contributed by atoms with Crippen LogP contribution in [0.4, 0.5) is 5.69 Å². The topological polar surface area (TPSA) is 50.3 Å². The van der Waals surface area contributed by atoms with E-state index in [2.05, 4.69) is 17.5 Å². The van der Waals surface area contributed by atoms with Crippen LogP contribution < -0.4 is 4.31 Å². The quantitative estimate of drug-likeness (QED) is 0.687. The van der Waals surface area contributed by atoms with Crippen molar-refractivity contribution in [1.29, 1.82) is 0 Å². The van der Waals surface area contributed by atoms with Gasteiger partial charge in [-0.3, -0.25) is 4.31 Å². The van der Waals surface area contributed by atoms with Crippen LogP contribution in [0.25, 0.3) is 21.1 Å². The van der Waals surface area contributed by atoms with Crippen molar-refractivity contribution in [2.45, 2.75) is 19.4 Å². The van der Waals surface area contributed by atoms with Gasteiger partial charge in [0.2, 0.25) is 10.0 Å². The normalized spacial score (nSPS) is 17.2. The Morgan fingerprint density at radius 1 is 1.25 bits per heavy atom. The highest BCUT2D eigenvalue weighted by Gasteiger charge is 2.32. The number of hydrogen-bond acceptors (Lipinski definition) is 5. The van der Waals surface area contributed by atoms with Gasteiger partial charge in [0.05, 0.1) is 22.5 Å². The highest BCUT2D eigenvalue weighted by atomic mass is 32.2. The summed E-state index contributed by atoms with van der Waals surface area (Å²) in [5.74, 6) is 0. The Kier molecular flexibility index (Phi) is 3.74. The fraction of sp³-hybridized carbons (Fsp3) is 0.235. The van der Waals surface area contributed by atoms with Gasteiger partial charge < -0.3 is 0 Å². The van der Waals surface area contributed by atoms with E-state index in [4.69, 9.17) is 4.98 Å². The molecule has 24 heavy (non-hydrogen) atoms. The smallest absolute Gasteiger partial charge is 0.232 e. The van der Waals surface area contributed by atoms with Crippen LogP contribution in [0.2, 0.25) is 0 Å². The molecule has 7 heteroatoms. The van der Waals surface area contributed by atoms with Crippen molar-refractivity contribution in [3.8, 4) is 21.1 Å². The summed E-state index contributed by atoms with van der Waals surface area (Å²) in [6.45, 7) is 1.94. The maximum Gasteiger partial charge on any atom is 0.232 e. The average molecular weight is 377 g/mol. The standard InChI is InChI=1S/C17H16N2O2S3/c1-11-8-13-9-12(5-6-15(13)19(11)24(2,20)21)14-10-23-17(18-14)16-4-3-7-22-16/h3-7,9-11H,8H2,1-2H3/t11-/m1/s1. The molecule has 1 aliphatic rings. The molecule has 0 saturated heterocycles. The van der Waals surface area contributed by atoms with Crippen LogP contribution in [0, 0.1) is 0 Å². The Bertz CT molecular complexity index is 991. The van der Waals surface area contributed by atoms with Crippen molar-refractivity contribution in [3.63, 3.8) is 0 Å². The summed E-state index contributed by atoms with van der Waals surface area (Å²) < 4.78 is 25.5. The van der Waals surface area contributed by atoms with E-state index in [1.807, 2.05) is 30.5 Å². The predicted octanol–water partition coefficient (Wildman–Crippen LogP) is 4.25. The van der Waals surface area contributed by atoms with Crippen molar-refractivity contribution in [3.05, 3.63) is 46.7 Å². The van der Waals surface area contributed by atoms with Gasteiger partial charge in [-0.2, -0.15) is 0 Å². The largest absolute Gasteiger partial charge is 0.267 e. The van der Waals surface area contributed by atoms with Gasteiger partial charge in [0, 0.05) is 17.0 Å². The lowest BCUT2D eigenvalue weighted by atomic mass is 10.1. The maximum absolute atomic E-state index is 12.0. The molecule has 3 heterocycles. The van der Waals surface area contributed by atoms with Crippen LogP contribution in [0.1, 0.15) is 12.5 Å². The molecular formula is C17H16N2O2S3. The number of benzene rings is 1. The number of thiazole rings is 1. The van der Waals surface area contributed by atoms with Gasteiger partial charge in [0.25, 0.3) is 0 Å². The van der Waals surface area contributed by atoms with Gasteiger partial charge in [-0.05, 0) is 42.5 Å². The molecule has 0 amide bonds. The second kappa shape index (κ2) is 5.68. The SMILES string of the molecule is C[C@@H]1Cc2cc(-c3csc(-c4cccs4)n3)ccc2N1S(C)(=O)=O. The Labute approximate surface area is 149 Å². The highest BCUT2D eigenvalue weighted by Crippen LogP contribution is 2.38. The number of sulfonamides is 1. The van der Waals surface area contributed by atoms with E-state index in [9.17, 15) is 8.42 Å². The molecule has 0 spiro atoms. The molecule has 1 atom stereocenters. The van der Waals surface area contributed by atoms with Crippen molar-refractivity contribution in [1.82, 2.24) is 4.98 Å². The van der Waals surface area contributed by atoms with Crippen LogP contribution in [0.15, 0.2) is 41.1 Å². The van der Waals surface area contributed by atoms with E-state index in [0.29, 0.717) is 0 Å². The first kappa shape index (κ1) is 15.8. The van der Waals surface area contributed by atoms with E-state index in [0.717, 1.165) is 33.9 Å². The number of anilines is 1. The molecule has 3 aromatic rings. The summed E-state index contributed by atoms with van der Waals surface area (Å²) >= 11 is 3.32. The van der Waals surface area contributed by atoms with E-state index in [1.54, 1.807) is 22.7 Å². The fourth-order valence-electron chi connectivity index (χ4n) is 3.19. The third-order valence-electron chi connectivity index (χ3n) is 4.12. The van der Waals surface area contributed by atoms with Crippen molar-refractivity contribution < 1.29 is 8.42 Å². The van der Waals surface area contributed by atoms with E-state index in [1.165, 1.54) is 15.4 Å². The summed E-state index contributed by atoms with van der Waals surface area (Å²) in [6, 6.07) is 9.99. The van der Waals surface area contributed by atoms with E-state index in [-0.39, 0.29) is 6.04 Å². The second-order valence-corrected chi connectivity index (χ2v) is 9.64. The zero-order valence-electron chi connectivity index (χ0n) is 13.3. The van der Waals surface area contributed by atoms with E-state index >= 15 is 0 Å². The van der Waals surface area contributed by atoms with Gasteiger partial charge in [0.1, 0.15) is 5.01 Å². The third kappa shape index (κ3) is 2.66. The fourth-order valence-corrected chi connectivity index (χ4v) is 6.09. The zero-order valence-corrected chi connectivity index (χ0v) is 15.7. The van der Waals surface area contributed by atoms with Gasteiger partial charge in [-0.1, -0.05) is 12.1 Å². The Hall–Kier alpha value is -1.70. The molecular weight excluding hydrogens is 360 g/mol. The molecule has 4 rings (SSSR count). The summed E-state index contributed by atoms with van der Waals surface area (Å²) in [6.07, 6.45) is 2.00. The van der Waals surface area contributed by atoms with Gasteiger partial charge in [-0.15, -0.1) is 22.7 Å². The number of fused-ring (bicyclic) bond motifs is 1. The molecule has 0 N–H and O–H groups in total. The Morgan fingerprint density at radius 3 is 2.79 bits per heavy atom.